The molecular weight excluding hydrogens is 246 g/mol. The van der Waals surface area contributed by atoms with Gasteiger partial charge in [0.1, 0.15) is 11.0 Å². The van der Waals surface area contributed by atoms with Crippen LogP contribution in [0.2, 0.25) is 0 Å². The van der Waals surface area contributed by atoms with Gasteiger partial charge in [-0.05, 0) is 31.9 Å². The Morgan fingerprint density at radius 1 is 1.58 bits per heavy atom. The summed E-state index contributed by atoms with van der Waals surface area (Å²) in [5.41, 5.74) is 1.10. The van der Waals surface area contributed by atoms with E-state index in [4.69, 9.17) is 4.74 Å². The third kappa shape index (κ3) is 2.08. The Morgan fingerprint density at radius 3 is 3.11 bits per heavy atom. The molecule has 1 aliphatic heterocycles. The molecule has 1 saturated heterocycles. The van der Waals surface area contributed by atoms with Crippen LogP contribution in [0.3, 0.4) is 0 Å². The zero-order valence-electron chi connectivity index (χ0n) is 10.7. The van der Waals surface area contributed by atoms with E-state index in [1.54, 1.807) is 22.9 Å². The maximum Gasteiger partial charge on any atom is 0.337 e. The minimum Gasteiger partial charge on any atom is -0.478 e. The van der Waals surface area contributed by atoms with Gasteiger partial charge in [0.2, 0.25) is 0 Å². The van der Waals surface area contributed by atoms with Crippen molar-refractivity contribution in [3.63, 3.8) is 0 Å². The minimum absolute atomic E-state index is 0.226. The van der Waals surface area contributed by atoms with Crippen LogP contribution in [0.1, 0.15) is 30.1 Å². The molecule has 100 valence electrons. The van der Waals surface area contributed by atoms with Gasteiger partial charge in [0.25, 0.3) is 0 Å². The third-order valence-corrected chi connectivity index (χ3v) is 3.55. The fourth-order valence-corrected chi connectivity index (χ4v) is 2.59. The molecule has 19 heavy (non-hydrogen) atoms. The number of fused-ring (bicyclic) bond motifs is 1. The fraction of sp³-hybridized carbons (Fsp3) is 0.462. The molecule has 1 unspecified atom stereocenters. The molecule has 1 fully saturated rings. The van der Waals surface area contributed by atoms with E-state index < -0.39 is 5.97 Å². The molecule has 2 heterocycles. The summed E-state index contributed by atoms with van der Waals surface area (Å²) in [7, 11) is 0. The lowest BCUT2D eigenvalue weighted by Gasteiger charge is -2.23. The molecule has 1 N–H and O–H groups in total. The van der Waals surface area contributed by atoms with Crippen LogP contribution in [-0.4, -0.2) is 38.3 Å². The fourth-order valence-electron chi connectivity index (χ4n) is 2.59. The molecule has 6 heteroatoms. The van der Waals surface area contributed by atoms with Crippen LogP contribution in [0.15, 0.2) is 18.2 Å². The molecule has 2 aromatic rings. The van der Waals surface area contributed by atoms with Gasteiger partial charge in [0.05, 0.1) is 17.7 Å². The number of nitrogens with zero attached hydrogens (tertiary/aromatic N) is 3. The smallest absolute Gasteiger partial charge is 0.337 e. The Labute approximate surface area is 110 Å². The van der Waals surface area contributed by atoms with E-state index >= 15 is 0 Å². The molecule has 1 aliphatic rings. The van der Waals surface area contributed by atoms with Crippen molar-refractivity contribution in [2.45, 2.75) is 31.9 Å². The highest BCUT2D eigenvalue weighted by molar-refractivity contribution is 6.00. The second-order valence-corrected chi connectivity index (χ2v) is 5.13. The molecule has 3 rings (SSSR count). The molecule has 0 aliphatic carbocycles. The first-order valence-corrected chi connectivity index (χ1v) is 6.29. The van der Waals surface area contributed by atoms with E-state index in [-0.39, 0.29) is 11.2 Å². The van der Waals surface area contributed by atoms with Crippen LogP contribution in [-0.2, 0) is 11.3 Å². The lowest BCUT2D eigenvalue weighted by atomic mass is 10.0. The molecule has 0 spiro atoms. The van der Waals surface area contributed by atoms with Crippen LogP contribution in [0.25, 0.3) is 11.0 Å². The minimum atomic E-state index is -0.966. The van der Waals surface area contributed by atoms with Crippen LogP contribution in [0.5, 0.6) is 0 Å². The highest BCUT2D eigenvalue weighted by Crippen LogP contribution is 2.28. The average molecular weight is 261 g/mol. The van der Waals surface area contributed by atoms with Crippen LogP contribution < -0.4 is 0 Å². The maximum atomic E-state index is 11.3. The van der Waals surface area contributed by atoms with Gasteiger partial charge in [-0.2, -0.15) is 0 Å². The van der Waals surface area contributed by atoms with Crippen molar-refractivity contribution in [3.05, 3.63) is 23.8 Å². The van der Waals surface area contributed by atoms with Crippen molar-refractivity contribution in [1.29, 1.82) is 0 Å². The number of ether oxygens (including phenoxy) is 1. The number of benzene rings is 1. The quantitative estimate of drug-likeness (QED) is 0.909. The predicted octanol–water partition coefficient (Wildman–Crippen LogP) is 1.70. The standard InChI is InChI=1S/C13H15N3O3/c1-13(6-3-7-19-13)8-16-11-9(12(17)18)4-2-5-10(11)14-15-16/h2,4-5H,3,6-8H2,1H3,(H,17,18). The van der Waals surface area contributed by atoms with Crippen molar-refractivity contribution in [1.82, 2.24) is 15.0 Å². The zero-order valence-corrected chi connectivity index (χ0v) is 10.7. The van der Waals surface area contributed by atoms with Gasteiger partial charge in [-0.1, -0.05) is 11.3 Å². The van der Waals surface area contributed by atoms with Gasteiger partial charge < -0.3 is 9.84 Å². The molecule has 6 nitrogen and oxygen atoms in total. The average Bonchev–Trinajstić information content (AvgIpc) is 2.97. The van der Waals surface area contributed by atoms with E-state index in [9.17, 15) is 9.90 Å². The second-order valence-electron chi connectivity index (χ2n) is 5.13. The highest BCUT2D eigenvalue weighted by Gasteiger charge is 2.31. The van der Waals surface area contributed by atoms with E-state index in [2.05, 4.69) is 10.3 Å². The topological polar surface area (TPSA) is 77.2 Å². The SMILES string of the molecule is CC1(Cn2nnc3cccc(C(=O)O)c32)CCCO1. The Hall–Kier alpha value is -1.95. The number of para-hydroxylation sites is 1. The third-order valence-electron chi connectivity index (χ3n) is 3.55. The van der Waals surface area contributed by atoms with E-state index in [0.29, 0.717) is 17.6 Å². The lowest BCUT2D eigenvalue weighted by Crippen LogP contribution is -2.30. The van der Waals surface area contributed by atoms with Gasteiger partial charge in [-0.3, -0.25) is 0 Å². The van der Waals surface area contributed by atoms with Gasteiger partial charge >= 0.3 is 5.97 Å². The summed E-state index contributed by atoms with van der Waals surface area (Å²) >= 11 is 0. The molecule has 0 saturated carbocycles. The number of carbonyl (C=O) groups is 1. The Morgan fingerprint density at radius 2 is 2.42 bits per heavy atom. The number of hydrogen-bond acceptors (Lipinski definition) is 4. The van der Waals surface area contributed by atoms with Crippen LogP contribution in [0.4, 0.5) is 0 Å². The maximum absolute atomic E-state index is 11.3. The molecular formula is C13H15N3O3. The highest BCUT2D eigenvalue weighted by atomic mass is 16.5. The van der Waals surface area contributed by atoms with Crippen LogP contribution in [0, 0.1) is 0 Å². The number of rotatable bonds is 3. The van der Waals surface area contributed by atoms with E-state index in [1.807, 2.05) is 6.92 Å². The van der Waals surface area contributed by atoms with Crippen molar-refractivity contribution in [3.8, 4) is 0 Å². The summed E-state index contributed by atoms with van der Waals surface area (Å²) in [5, 5.41) is 17.3. The number of carboxylic acid groups (broad SMARTS) is 1. The number of hydrogen-bond donors (Lipinski definition) is 1. The largest absolute Gasteiger partial charge is 0.478 e. The molecule has 1 atom stereocenters. The van der Waals surface area contributed by atoms with Crippen molar-refractivity contribution in [2.75, 3.05) is 6.61 Å². The summed E-state index contributed by atoms with van der Waals surface area (Å²) in [4.78, 5) is 11.3. The lowest BCUT2D eigenvalue weighted by molar-refractivity contribution is 0.00409. The van der Waals surface area contributed by atoms with Crippen molar-refractivity contribution in [2.24, 2.45) is 0 Å². The second kappa shape index (κ2) is 4.31. The first kappa shape index (κ1) is 12.1. The van der Waals surface area contributed by atoms with Gasteiger partial charge in [0, 0.05) is 6.61 Å². The zero-order chi connectivity index (χ0) is 13.5. The Bertz CT molecular complexity index is 629. The summed E-state index contributed by atoms with van der Waals surface area (Å²) < 4.78 is 7.37. The monoisotopic (exact) mass is 261 g/mol. The summed E-state index contributed by atoms with van der Waals surface area (Å²) in [6, 6.07) is 5.02. The van der Waals surface area contributed by atoms with E-state index in [1.165, 1.54) is 0 Å². The number of aromatic carboxylic acids is 1. The van der Waals surface area contributed by atoms with Crippen LogP contribution >= 0.6 is 0 Å². The van der Waals surface area contributed by atoms with Gasteiger partial charge in [-0.15, -0.1) is 5.10 Å². The molecule has 1 aromatic heterocycles. The first-order valence-electron chi connectivity index (χ1n) is 6.29. The molecule has 0 bridgehead atoms. The first-order chi connectivity index (χ1) is 9.09. The summed E-state index contributed by atoms with van der Waals surface area (Å²) in [5.74, 6) is -0.966. The molecule has 0 amide bonds. The van der Waals surface area contributed by atoms with Gasteiger partial charge in [-0.25, -0.2) is 9.48 Å². The van der Waals surface area contributed by atoms with Crippen molar-refractivity contribution >= 4 is 17.0 Å². The van der Waals surface area contributed by atoms with E-state index in [0.717, 1.165) is 19.4 Å². The predicted molar refractivity (Wildman–Crippen MR) is 68.1 cm³/mol. The molecule has 1 aromatic carbocycles. The normalized spacial score (nSPS) is 23.0. The Balaban J connectivity index is 2.06. The van der Waals surface area contributed by atoms with Gasteiger partial charge in [0.15, 0.2) is 0 Å². The summed E-state index contributed by atoms with van der Waals surface area (Å²) in [6.07, 6.45) is 1.97. The Kier molecular flexibility index (Phi) is 2.74. The summed E-state index contributed by atoms with van der Waals surface area (Å²) in [6.45, 7) is 3.29. The number of carboxylic acids is 1. The van der Waals surface area contributed by atoms with Crippen molar-refractivity contribution < 1.29 is 14.6 Å². The molecule has 0 radical (unpaired) electrons. The number of aromatic nitrogens is 3.